The molecule has 0 spiro atoms. The Bertz CT molecular complexity index is 1080. The number of aryl methyl sites for hydroxylation is 2. The molecule has 1 unspecified atom stereocenters. The molecule has 0 saturated carbocycles. The minimum atomic E-state index is 0.257. The van der Waals surface area contributed by atoms with Crippen LogP contribution >= 0.6 is 0 Å². The first-order chi connectivity index (χ1) is 15.7. The lowest BCUT2D eigenvalue weighted by Gasteiger charge is -2.16. The topological polar surface area (TPSA) is 50.1 Å². The van der Waals surface area contributed by atoms with Gasteiger partial charge in [-0.25, -0.2) is 0 Å². The summed E-state index contributed by atoms with van der Waals surface area (Å²) in [6.07, 6.45) is 11.6. The summed E-state index contributed by atoms with van der Waals surface area (Å²) < 4.78 is 0. The van der Waals surface area contributed by atoms with Crippen LogP contribution < -0.4 is 16.4 Å². The minimum absolute atomic E-state index is 0.257. The van der Waals surface area contributed by atoms with Crippen molar-refractivity contribution in [3.63, 3.8) is 0 Å². The molecule has 1 atom stereocenters. The van der Waals surface area contributed by atoms with Gasteiger partial charge in [0.05, 0.1) is 0 Å². The van der Waals surface area contributed by atoms with E-state index in [0.717, 1.165) is 58.3 Å². The zero-order valence-corrected chi connectivity index (χ0v) is 19.1. The predicted molar refractivity (Wildman–Crippen MR) is 136 cm³/mol. The van der Waals surface area contributed by atoms with E-state index in [9.17, 15) is 0 Å². The number of nitrogens with two attached hydrogens (primary N) is 1. The number of allylic oxidation sites excluding steroid dienone is 1. The highest BCUT2D eigenvalue weighted by Crippen LogP contribution is 2.33. The van der Waals surface area contributed by atoms with Crippen LogP contribution in [0.2, 0.25) is 0 Å². The maximum atomic E-state index is 6.11. The molecule has 3 heteroatoms. The maximum Gasteiger partial charge on any atom is 0.0300 e. The van der Waals surface area contributed by atoms with Crippen molar-refractivity contribution in [3.8, 4) is 0 Å². The Hall–Kier alpha value is -2.46. The molecule has 6 rings (SSSR count). The SMILES string of the molecule is C=C1CCc2cc(C3=CCCNC3)ccc21.NC1CCc2ccc(C3=CCCNC3)cc21. The highest BCUT2D eigenvalue weighted by atomic mass is 14.9. The fourth-order valence-corrected chi connectivity index (χ4v) is 5.33. The van der Waals surface area contributed by atoms with Crippen LogP contribution in [0.3, 0.4) is 0 Å². The monoisotopic (exact) mass is 425 g/mol. The molecule has 3 nitrogen and oxygen atoms in total. The summed E-state index contributed by atoms with van der Waals surface area (Å²) in [4.78, 5) is 0. The van der Waals surface area contributed by atoms with E-state index in [4.69, 9.17) is 5.73 Å². The summed E-state index contributed by atoms with van der Waals surface area (Å²) >= 11 is 0. The van der Waals surface area contributed by atoms with E-state index in [1.807, 2.05) is 0 Å². The Balaban J connectivity index is 0.000000135. The highest BCUT2D eigenvalue weighted by molar-refractivity contribution is 5.75. The Morgan fingerprint density at radius 2 is 1.47 bits per heavy atom. The molecule has 0 bridgehead atoms. The van der Waals surface area contributed by atoms with E-state index in [1.165, 1.54) is 56.5 Å². The lowest BCUT2D eigenvalue weighted by atomic mass is 9.97. The third-order valence-corrected chi connectivity index (χ3v) is 7.25. The smallest absolute Gasteiger partial charge is 0.0300 e. The normalized spacial score (nSPS) is 21.8. The highest BCUT2D eigenvalue weighted by Gasteiger charge is 2.20. The van der Waals surface area contributed by atoms with E-state index in [0.29, 0.717) is 0 Å². The Morgan fingerprint density at radius 1 is 0.781 bits per heavy atom. The second-order valence-electron chi connectivity index (χ2n) is 9.42. The van der Waals surface area contributed by atoms with Gasteiger partial charge in [0, 0.05) is 19.1 Å². The average molecular weight is 426 g/mol. The molecule has 2 aromatic rings. The second kappa shape index (κ2) is 9.58. The van der Waals surface area contributed by atoms with Crippen molar-refractivity contribution in [2.75, 3.05) is 26.2 Å². The van der Waals surface area contributed by atoms with Gasteiger partial charge in [0.1, 0.15) is 0 Å². The van der Waals surface area contributed by atoms with Gasteiger partial charge in [-0.05, 0) is 108 Å². The van der Waals surface area contributed by atoms with Crippen molar-refractivity contribution in [2.24, 2.45) is 5.73 Å². The largest absolute Gasteiger partial charge is 0.324 e. The van der Waals surface area contributed by atoms with Gasteiger partial charge >= 0.3 is 0 Å². The first kappa shape index (κ1) is 21.4. The lowest BCUT2D eigenvalue weighted by molar-refractivity contribution is 0.713. The van der Waals surface area contributed by atoms with E-state index in [2.05, 4.69) is 65.8 Å². The van der Waals surface area contributed by atoms with Gasteiger partial charge < -0.3 is 16.4 Å². The van der Waals surface area contributed by atoms with Crippen molar-refractivity contribution in [1.29, 1.82) is 0 Å². The number of nitrogens with one attached hydrogen (secondary N) is 2. The zero-order valence-electron chi connectivity index (χ0n) is 19.1. The molecule has 2 heterocycles. The number of hydrogen-bond acceptors (Lipinski definition) is 3. The van der Waals surface area contributed by atoms with Crippen LogP contribution in [0.25, 0.3) is 16.7 Å². The standard InChI is InChI=1S/C15H17N.C14H18N2/c1-11-4-5-13-9-12(6-7-15(11)13)14-3-2-8-16-10-14;15-14-6-5-10-3-4-11(8-13(10)14)12-2-1-7-16-9-12/h3,6-7,9,16H,1-2,4-5,8,10H2;2-4,8,14,16H,1,5-7,9,15H2. The van der Waals surface area contributed by atoms with E-state index in [1.54, 1.807) is 0 Å². The Morgan fingerprint density at radius 3 is 2.16 bits per heavy atom. The average Bonchev–Trinajstić information content (AvgIpc) is 3.42. The Labute approximate surface area is 192 Å². The molecule has 0 amide bonds. The van der Waals surface area contributed by atoms with Crippen LogP contribution in [-0.4, -0.2) is 26.2 Å². The molecule has 2 aliphatic carbocycles. The molecular weight excluding hydrogens is 390 g/mol. The van der Waals surface area contributed by atoms with Gasteiger partial charge in [0.15, 0.2) is 0 Å². The predicted octanol–water partition coefficient (Wildman–Crippen LogP) is 5.03. The summed E-state index contributed by atoms with van der Waals surface area (Å²) in [5.41, 5.74) is 18.7. The van der Waals surface area contributed by atoms with Crippen LogP contribution in [0, 0.1) is 0 Å². The zero-order chi connectivity index (χ0) is 21.9. The molecule has 0 saturated heterocycles. The summed E-state index contributed by atoms with van der Waals surface area (Å²) in [6, 6.07) is 13.9. The van der Waals surface area contributed by atoms with Crippen molar-refractivity contribution >= 4 is 16.7 Å². The second-order valence-corrected chi connectivity index (χ2v) is 9.42. The molecule has 4 N–H and O–H groups in total. The fourth-order valence-electron chi connectivity index (χ4n) is 5.33. The first-order valence-electron chi connectivity index (χ1n) is 12.2. The van der Waals surface area contributed by atoms with Gasteiger partial charge in [-0.3, -0.25) is 0 Å². The van der Waals surface area contributed by atoms with E-state index >= 15 is 0 Å². The summed E-state index contributed by atoms with van der Waals surface area (Å²) in [6.45, 7) is 8.34. The molecular formula is C29H35N3. The van der Waals surface area contributed by atoms with E-state index < -0.39 is 0 Å². The molecule has 32 heavy (non-hydrogen) atoms. The van der Waals surface area contributed by atoms with Crippen LogP contribution in [-0.2, 0) is 12.8 Å². The van der Waals surface area contributed by atoms with Gasteiger partial charge in [-0.2, -0.15) is 0 Å². The summed E-state index contributed by atoms with van der Waals surface area (Å²) in [5, 5.41) is 6.84. The molecule has 4 aliphatic rings. The summed E-state index contributed by atoms with van der Waals surface area (Å²) in [5.74, 6) is 0. The molecule has 166 valence electrons. The van der Waals surface area contributed by atoms with Crippen LogP contribution in [0.5, 0.6) is 0 Å². The van der Waals surface area contributed by atoms with Gasteiger partial charge in [-0.15, -0.1) is 0 Å². The van der Waals surface area contributed by atoms with Crippen LogP contribution in [0.4, 0.5) is 0 Å². The van der Waals surface area contributed by atoms with Crippen LogP contribution in [0.1, 0.15) is 65.1 Å². The third kappa shape index (κ3) is 4.52. The van der Waals surface area contributed by atoms with Crippen LogP contribution in [0.15, 0.2) is 55.1 Å². The molecule has 2 aliphatic heterocycles. The molecule has 2 aromatic carbocycles. The van der Waals surface area contributed by atoms with Crippen molar-refractivity contribution in [3.05, 3.63) is 88.5 Å². The van der Waals surface area contributed by atoms with Crippen molar-refractivity contribution in [1.82, 2.24) is 10.6 Å². The maximum absolute atomic E-state index is 6.11. The quantitative estimate of drug-likeness (QED) is 0.632. The molecule has 0 fully saturated rings. The third-order valence-electron chi connectivity index (χ3n) is 7.25. The van der Waals surface area contributed by atoms with Crippen molar-refractivity contribution in [2.45, 2.75) is 44.6 Å². The van der Waals surface area contributed by atoms with Gasteiger partial charge in [-0.1, -0.05) is 49.1 Å². The number of hydrogen-bond donors (Lipinski definition) is 3. The Kier molecular flexibility index (Phi) is 6.40. The van der Waals surface area contributed by atoms with E-state index in [-0.39, 0.29) is 6.04 Å². The molecule has 0 radical (unpaired) electrons. The fraction of sp³-hybridized carbons (Fsp3) is 0.379. The number of rotatable bonds is 2. The minimum Gasteiger partial charge on any atom is -0.324 e. The van der Waals surface area contributed by atoms with Crippen molar-refractivity contribution < 1.29 is 0 Å². The lowest BCUT2D eigenvalue weighted by Crippen LogP contribution is -2.21. The molecule has 0 aromatic heterocycles. The summed E-state index contributed by atoms with van der Waals surface area (Å²) in [7, 11) is 0. The first-order valence-corrected chi connectivity index (χ1v) is 12.2. The van der Waals surface area contributed by atoms with Gasteiger partial charge in [0.25, 0.3) is 0 Å². The van der Waals surface area contributed by atoms with Gasteiger partial charge in [0.2, 0.25) is 0 Å². The number of fused-ring (bicyclic) bond motifs is 2. The number of benzene rings is 2.